The van der Waals surface area contributed by atoms with Crippen LogP contribution in [0.4, 0.5) is 5.69 Å². The van der Waals surface area contributed by atoms with Crippen molar-refractivity contribution in [3.05, 3.63) is 63.6 Å². The minimum absolute atomic E-state index is 0.0249. The van der Waals surface area contributed by atoms with Crippen molar-refractivity contribution in [2.75, 3.05) is 17.1 Å². The topological polar surface area (TPSA) is 86.8 Å². The molecule has 0 fully saturated rings. The van der Waals surface area contributed by atoms with E-state index in [1.165, 1.54) is 4.31 Å². The van der Waals surface area contributed by atoms with Gasteiger partial charge in [0.05, 0.1) is 11.9 Å². The molecule has 0 radical (unpaired) electrons. The third kappa shape index (κ3) is 8.62. The quantitative estimate of drug-likeness (QED) is 0.341. The number of carbonyl (C=O) groups is 2. The summed E-state index contributed by atoms with van der Waals surface area (Å²) in [6.07, 6.45) is 2.65. The summed E-state index contributed by atoms with van der Waals surface area (Å²) in [5, 5.41) is 3.95. The Morgan fingerprint density at radius 1 is 1.00 bits per heavy atom. The Bertz CT molecular complexity index is 1190. The van der Waals surface area contributed by atoms with Crippen molar-refractivity contribution in [2.45, 2.75) is 72.0 Å². The van der Waals surface area contributed by atoms with Crippen LogP contribution in [0.25, 0.3) is 0 Å². The maximum Gasteiger partial charge on any atom is 0.243 e. The molecular formula is C27H37Cl2N3O4S. The molecule has 0 spiro atoms. The van der Waals surface area contributed by atoms with E-state index >= 15 is 0 Å². The van der Waals surface area contributed by atoms with Gasteiger partial charge in [0.2, 0.25) is 21.8 Å². The van der Waals surface area contributed by atoms with Crippen LogP contribution in [-0.2, 0) is 26.2 Å². The van der Waals surface area contributed by atoms with E-state index in [1.54, 1.807) is 36.1 Å². The molecule has 204 valence electrons. The Morgan fingerprint density at radius 2 is 1.65 bits per heavy atom. The zero-order chi connectivity index (χ0) is 27.8. The number of benzene rings is 2. The van der Waals surface area contributed by atoms with Gasteiger partial charge in [-0.3, -0.25) is 13.9 Å². The second-order valence-corrected chi connectivity index (χ2v) is 11.9. The number of rotatable bonds is 13. The zero-order valence-corrected chi connectivity index (χ0v) is 24.5. The predicted molar refractivity (Wildman–Crippen MR) is 152 cm³/mol. The molecule has 0 saturated carbocycles. The first kappa shape index (κ1) is 30.9. The third-order valence-electron chi connectivity index (χ3n) is 6.35. The monoisotopic (exact) mass is 569 g/mol. The summed E-state index contributed by atoms with van der Waals surface area (Å²) in [6, 6.07) is 11.6. The summed E-state index contributed by atoms with van der Waals surface area (Å²) in [5.74, 6) is -0.466. The molecule has 0 unspecified atom stereocenters. The molecule has 2 rings (SSSR count). The highest BCUT2D eigenvalue weighted by Gasteiger charge is 2.30. The van der Waals surface area contributed by atoms with Gasteiger partial charge in [0, 0.05) is 35.6 Å². The Labute approximate surface area is 231 Å². The van der Waals surface area contributed by atoms with E-state index in [-0.39, 0.29) is 43.8 Å². The largest absolute Gasteiger partial charge is 0.352 e. The van der Waals surface area contributed by atoms with E-state index in [9.17, 15) is 18.0 Å². The van der Waals surface area contributed by atoms with E-state index < -0.39 is 16.1 Å². The number of amides is 2. The van der Waals surface area contributed by atoms with Gasteiger partial charge in [-0.05, 0) is 62.4 Å². The molecule has 10 heteroatoms. The Hall–Kier alpha value is -2.29. The van der Waals surface area contributed by atoms with Crippen LogP contribution < -0.4 is 9.62 Å². The minimum atomic E-state index is -3.61. The van der Waals surface area contributed by atoms with Crippen LogP contribution in [0.2, 0.25) is 10.0 Å². The van der Waals surface area contributed by atoms with Gasteiger partial charge < -0.3 is 10.2 Å². The smallest absolute Gasteiger partial charge is 0.243 e. The molecule has 2 aromatic rings. The molecule has 2 amide bonds. The average Bonchev–Trinajstić information content (AvgIpc) is 2.84. The van der Waals surface area contributed by atoms with Gasteiger partial charge in [-0.2, -0.15) is 0 Å². The molecule has 0 aliphatic rings. The van der Waals surface area contributed by atoms with Crippen molar-refractivity contribution in [1.82, 2.24) is 10.2 Å². The first-order chi connectivity index (χ1) is 17.4. The lowest BCUT2D eigenvalue weighted by atomic mass is 10.1. The van der Waals surface area contributed by atoms with Crippen LogP contribution in [0, 0.1) is 6.92 Å². The summed E-state index contributed by atoms with van der Waals surface area (Å²) in [5.41, 5.74) is 1.86. The molecule has 1 N–H and O–H groups in total. The molecule has 37 heavy (non-hydrogen) atoms. The van der Waals surface area contributed by atoms with Crippen molar-refractivity contribution in [2.24, 2.45) is 0 Å². The second-order valence-electron chi connectivity index (χ2n) is 9.18. The highest BCUT2D eigenvalue weighted by molar-refractivity contribution is 7.92. The van der Waals surface area contributed by atoms with Crippen LogP contribution in [-0.4, -0.2) is 50.0 Å². The molecule has 0 aromatic heterocycles. The average molecular weight is 571 g/mol. The summed E-state index contributed by atoms with van der Waals surface area (Å²) >= 11 is 12.6. The highest BCUT2D eigenvalue weighted by atomic mass is 35.5. The summed E-state index contributed by atoms with van der Waals surface area (Å²) < 4.78 is 26.4. The molecule has 2 atom stereocenters. The van der Waals surface area contributed by atoms with Crippen molar-refractivity contribution < 1.29 is 18.0 Å². The van der Waals surface area contributed by atoms with Crippen molar-refractivity contribution in [3.8, 4) is 0 Å². The second kappa shape index (κ2) is 14.0. The standard InChI is InChI=1S/C27H37Cl2N3O4S/c1-6-19(3)30-27(34)24(7-2)31(18-21-12-8-9-13-23(21)29)26(33)16-11-17-32(37(5,35)36)25-15-10-14-22(28)20(25)4/h8-10,12-15,19,24H,6-7,11,16-18H2,1-5H3,(H,30,34)/t19-,24-/m0/s1. The zero-order valence-electron chi connectivity index (χ0n) is 22.1. The first-order valence-corrected chi connectivity index (χ1v) is 15.1. The third-order valence-corrected chi connectivity index (χ3v) is 8.30. The fourth-order valence-corrected chi connectivity index (χ4v) is 5.40. The maximum atomic E-state index is 13.5. The molecule has 7 nitrogen and oxygen atoms in total. The van der Waals surface area contributed by atoms with Crippen LogP contribution >= 0.6 is 23.2 Å². The van der Waals surface area contributed by atoms with E-state index in [4.69, 9.17) is 23.2 Å². The Kier molecular flexibility index (Phi) is 11.7. The van der Waals surface area contributed by atoms with Crippen LogP contribution in [0.1, 0.15) is 57.6 Å². The van der Waals surface area contributed by atoms with Crippen LogP contribution in [0.15, 0.2) is 42.5 Å². The van der Waals surface area contributed by atoms with Gasteiger partial charge in [-0.1, -0.05) is 61.3 Å². The summed E-state index contributed by atoms with van der Waals surface area (Å²) in [4.78, 5) is 28.2. The number of hydrogen-bond acceptors (Lipinski definition) is 4. The molecule has 0 aliphatic heterocycles. The van der Waals surface area contributed by atoms with Gasteiger partial charge in [-0.15, -0.1) is 0 Å². The van der Waals surface area contributed by atoms with Crippen molar-refractivity contribution in [1.29, 1.82) is 0 Å². The molecule has 2 aromatic carbocycles. The van der Waals surface area contributed by atoms with Crippen molar-refractivity contribution in [3.63, 3.8) is 0 Å². The molecule has 0 aliphatic carbocycles. The fraction of sp³-hybridized carbons (Fsp3) is 0.481. The SMILES string of the molecule is CC[C@H](C)NC(=O)[C@H](CC)N(Cc1ccccc1Cl)C(=O)CCCN(c1cccc(Cl)c1C)S(C)(=O)=O. The van der Waals surface area contributed by atoms with Gasteiger partial charge in [-0.25, -0.2) is 8.42 Å². The number of sulfonamides is 1. The molecular weight excluding hydrogens is 533 g/mol. The fourth-order valence-electron chi connectivity index (χ4n) is 4.02. The predicted octanol–water partition coefficient (Wildman–Crippen LogP) is 5.57. The molecule has 0 heterocycles. The highest BCUT2D eigenvalue weighted by Crippen LogP contribution is 2.29. The summed E-state index contributed by atoms with van der Waals surface area (Å²) in [6.45, 7) is 7.79. The van der Waals surface area contributed by atoms with Gasteiger partial charge in [0.25, 0.3) is 0 Å². The Morgan fingerprint density at radius 3 is 2.24 bits per heavy atom. The number of carbonyl (C=O) groups excluding carboxylic acids is 2. The lowest BCUT2D eigenvalue weighted by molar-refractivity contribution is -0.141. The van der Waals surface area contributed by atoms with E-state index in [0.717, 1.165) is 18.2 Å². The number of anilines is 1. The maximum absolute atomic E-state index is 13.5. The van der Waals surface area contributed by atoms with Gasteiger partial charge >= 0.3 is 0 Å². The number of hydrogen-bond donors (Lipinski definition) is 1. The molecule has 0 bridgehead atoms. The Balaban J connectivity index is 2.27. The van der Waals surface area contributed by atoms with Gasteiger partial charge in [0.1, 0.15) is 6.04 Å². The normalized spacial score (nSPS) is 13.1. The molecule has 0 saturated heterocycles. The summed E-state index contributed by atoms with van der Waals surface area (Å²) in [7, 11) is -3.61. The first-order valence-electron chi connectivity index (χ1n) is 12.5. The van der Waals surface area contributed by atoms with Crippen LogP contribution in [0.5, 0.6) is 0 Å². The van der Waals surface area contributed by atoms with Crippen LogP contribution in [0.3, 0.4) is 0 Å². The minimum Gasteiger partial charge on any atom is -0.352 e. The van der Waals surface area contributed by atoms with E-state index in [2.05, 4.69) is 5.32 Å². The van der Waals surface area contributed by atoms with Gasteiger partial charge in [0.15, 0.2) is 0 Å². The van der Waals surface area contributed by atoms with E-state index in [0.29, 0.717) is 27.7 Å². The number of nitrogens with one attached hydrogen (secondary N) is 1. The number of nitrogens with zero attached hydrogens (tertiary/aromatic N) is 2. The number of halogens is 2. The van der Waals surface area contributed by atoms with Crippen molar-refractivity contribution >= 4 is 50.7 Å². The lowest BCUT2D eigenvalue weighted by Crippen LogP contribution is -2.50. The van der Waals surface area contributed by atoms with E-state index in [1.807, 2.05) is 39.0 Å². The lowest BCUT2D eigenvalue weighted by Gasteiger charge is -2.32.